The monoisotopic (exact) mass is 295 g/mol. The van der Waals surface area contributed by atoms with Crippen molar-refractivity contribution in [3.05, 3.63) is 22.4 Å². The van der Waals surface area contributed by atoms with Crippen LogP contribution in [0.1, 0.15) is 25.3 Å². The van der Waals surface area contributed by atoms with E-state index in [9.17, 15) is 9.59 Å². The molecule has 3 amide bonds. The molecule has 2 N–H and O–H groups in total. The summed E-state index contributed by atoms with van der Waals surface area (Å²) >= 11 is 1.66. The number of urea groups is 1. The Kier molecular flexibility index (Phi) is 5.00. The molecule has 0 aliphatic carbocycles. The van der Waals surface area contributed by atoms with Crippen LogP contribution < -0.4 is 10.6 Å². The van der Waals surface area contributed by atoms with Crippen LogP contribution in [0.5, 0.6) is 0 Å². The van der Waals surface area contributed by atoms with Crippen LogP contribution >= 0.6 is 11.3 Å². The number of rotatable bonds is 4. The second-order valence-electron chi connectivity index (χ2n) is 5.36. The predicted molar refractivity (Wildman–Crippen MR) is 79.8 cm³/mol. The van der Waals surface area contributed by atoms with E-state index < -0.39 is 0 Å². The van der Waals surface area contributed by atoms with Crippen molar-refractivity contribution >= 4 is 23.3 Å². The lowest BCUT2D eigenvalue weighted by atomic mass is 10.1. The van der Waals surface area contributed by atoms with Crippen LogP contribution in [0.3, 0.4) is 0 Å². The number of piperidine rings is 1. The van der Waals surface area contributed by atoms with Crippen molar-refractivity contribution in [3.63, 3.8) is 0 Å². The third-order valence-electron chi connectivity index (χ3n) is 3.46. The minimum atomic E-state index is -0.152. The van der Waals surface area contributed by atoms with E-state index in [1.54, 1.807) is 23.3 Å². The van der Waals surface area contributed by atoms with Gasteiger partial charge < -0.3 is 15.5 Å². The largest absolute Gasteiger partial charge is 0.344 e. The molecule has 20 heavy (non-hydrogen) atoms. The van der Waals surface area contributed by atoms with E-state index in [2.05, 4.69) is 22.1 Å². The molecule has 1 saturated heterocycles. The summed E-state index contributed by atoms with van der Waals surface area (Å²) in [5, 5.41) is 10.0. The smallest absolute Gasteiger partial charge is 0.315 e. The summed E-state index contributed by atoms with van der Waals surface area (Å²) in [6, 6.07) is 2.06. The van der Waals surface area contributed by atoms with Gasteiger partial charge in [0.1, 0.15) is 0 Å². The Hall–Kier alpha value is -1.56. The van der Waals surface area contributed by atoms with Crippen molar-refractivity contribution in [2.45, 2.75) is 38.3 Å². The van der Waals surface area contributed by atoms with Gasteiger partial charge in [0.2, 0.25) is 5.91 Å². The molecule has 0 saturated carbocycles. The van der Waals surface area contributed by atoms with Crippen molar-refractivity contribution in [3.8, 4) is 0 Å². The maximum Gasteiger partial charge on any atom is 0.315 e. The summed E-state index contributed by atoms with van der Waals surface area (Å²) in [4.78, 5) is 25.0. The van der Waals surface area contributed by atoms with Gasteiger partial charge in [-0.2, -0.15) is 11.3 Å². The first-order valence-corrected chi connectivity index (χ1v) is 7.81. The summed E-state index contributed by atoms with van der Waals surface area (Å²) in [6.07, 6.45) is 2.06. The standard InChI is InChI=1S/C14H21N3O2S/c1-10(7-11-5-6-20-9-11)15-14(19)16-12-3-4-13(18)17(2)8-12/h5-6,9-10,12H,3-4,7-8H2,1-2H3,(H2,15,16,19)/t10-,12+/m0/s1. The lowest BCUT2D eigenvalue weighted by Gasteiger charge is -2.30. The molecule has 2 heterocycles. The lowest BCUT2D eigenvalue weighted by molar-refractivity contribution is -0.132. The van der Waals surface area contributed by atoms with E-state index in [0.717, 1.165) is 12.8 Å². The molecule has 1 aromatic rings. The van der Waals surface area contributed by atoms with Crippen molar-refractivity contribution in [2.75, 3.05) is 13.6 Å². The Morgan fingerprint density at radius 3 is 3.05 bits per heavy atom. The molecule has 2 rings (SSSR count). The highest BCUT2D eigenvalue weighted by Crippen LogP contribution is 2.10. The fraction of sp³-hybridized carbons (Fsp3) is 0.571. The minimum Gasteiger partial charge on any atom is -0.344 e. The number of nitrogens with zero attached hydrogens (tertiary/aromatic N) is 1. The van der Waals surface area contributed by atoms with Crippen molar-refractivity contribution in [1.29, 1.82) is 0 Å². The van der Waals surface area contributed by atoms with E-state index in [1.165, 1.54) is 5.56 Å². The van der Waals surface area contributed by atoms with E-state index in [4.69, 9.17) is 0 Å². The predicted octanol–water partition coefficient (Wildman–Crippen LogP) is 1.60. The summed E-state index contributed by atoms with van der Waals surface area (Å²) in [6.45, 7) is 2.58. The highest BCUT2D eigenvalue weighted by atomic mass is 32.1. The van der Waals surface area contributed by atoms with Crippen molar-refractivity contribution in [2.24, 2.45) is 0 Å². The molecule has 0 aromatic carbocycles. The van der Waals surface area contributed by atoms with E-state index in [1.807, 2.05) is 12.3 Å². The van der Waals surface area contributed by atoms with Crippen LogP contribution in [-0.4, -0.2) is 42.5 Å². The summed E-state index contributed by atoms with van der Waals surface area (Å²) < 4.78 is 0. The molecular formula is C14H21N3O2S. The number of hydrogen-bond acceptors (Lipinski definition) is 3. The first-order valence-electron chi connectivity index (χ1n) is 6.86. The Balaban J connectivity index is 1.73. The van der Waals surface area contributed by atoms with Crippen molar-refractivity contribution in [1.82, 2.24) is 15.5 Å². The Bertz CT molecular complexity index is 461. The number of nitrogens with one attached hydrogen (secondary N) is 2. The molecule has 110 valence electrons. The molecule has 1 aliphatic rings. The minimum absolute atomic E-state index is 0.0473. The van der Waals surface area contributed by atoms with E-state index in [0.29, 0.717) is 13.0 Å². The molecule has 6 heteroatoms. The van der Waals surface area contributed by atoms with Gasteiger partial charge in [-0.3, -0.25) is 4.79 Å². The third-order valence-corrected chi connectivity index (χ3v) is 4.19. The molecule has 1 aromatic heterocycles. The number of carbonyl (C=O) groups is 2. The third kappa shape index (κ3) is 4.23. The van der Waals surface area contributed by atoms with Gasteiger partial charge in [-0.15, -0.1) is 0 Å². The molecule has 0 unspecified atom stereocenters. The molecule has 1 aliphatic heterocycles. The average Bonchev–Trinajstić information content (AvgIpc) is 2.86. The molecule has 2 atom stereocenters. The van der Waals surface area contributed by atoms with Crippen LogP contribution in [0.15, 0.2) is 16.8 Å². The zero-order chi connectivity index (χ0) is 14.5. The number of carbonyl (C=O) groups excluding carboxylic acids is 2. The van der Waals surface area contributed by atoms with Gasteiger partial charge in [-0.25, -0.2) is 4.79 Å². The summed E-state index contributed by atoms with van der Waals surface area (Å²) in [7, 11) is 1.77. The van der Waals surface area contributed by atoms with Gasteiger partial charge >= 0.3 is 6.03 Å². The Morgan fingerprint density at radius 2 is 2.40 bits per heavy atom. The quantitative estimate of drug-likeness (QED) is 0.886. The molecule has 0 bridgehead atoms. The summed E-state index contributed by atoms with van der Waals surface area (Å²) in [5.74, 6) is 0.147. The van der Waals surface area contributed by atoms with Crippen LogP contribution in [0, 0.1) is 0 Å². The average molecular weight is 295 g/mol. The van der Waals surface area contributed by atoms with Crippen LogP contribution in [-0.2, 0) is 11.2 Å². The van der Waals surface area contributed by atoms with Gasteiger partial charge in [0.15, 0.2) is 0 Å². The van der Waals surface area contributed by atoms with Crippen LogP contribution in [0.4, 0.5) is 4.79 Å². The number of thiophene rings is 1. The molecule has 0 spiro atoms. The topological polar surface area (TPSA) is 61.4 Å². The molecule has 0 radical (unpaired) electrons. The Labute approximate surface area is 123 Å². The normalized spacial score (nSPS) is 20.6. The first-order chi connectivity index (χ1) is 9.54. The van der Waals surface area contributed by atoms with Gasteiger partial charge in [0, 0.05) is 32.1 Å². The number of amides is 3. The van der Waals surface area contributed by atoms with Crippen LogP contribution in [0.25, 0.3) is 0 Å². The maximum absolute atomic E-state index is 11.9. The van der Waals surface area contributed by atoms with Gasteiger partial charge in [0.05, 0.1) is 0 Å². The van der Waals surface area contributed by atoms with Crippen LogP contribution in [0.2, 0.25) is 0 Å². The number of hydrogen-bond donors (Lipinski definition) is 2. The SMILES string of the molecule is C[C@@H](Cc1ccsc1)NC(=O)N[C@@H]1CCC(=O)N(C)C1. The maximum atomic E-state index is 11.9. The molecule has 1 fully saturated rings. The second kappa shape index (κ2) is 6.74. The van der Waals surface area contributed by atoms with Gasteiger partial charge in [-0.1, -0.05) is 0 Å². The fourth-order valence-electron chi connectivity index (χ4n) is 2.39. The zero-order valence-electron chi connectivity index (χ0n) is 11.9. The number of likely N-dealkylation sites (N-methyl/N-ethyl adjacent to an activating group) is 1. The zero-order valence-corrected chi connectivity index (χ0v) is 12.7. The lowest BCUT2D eigenvalue weighted by Crippen LogP contribution is -2.52. The highest BCUT2D eigenvalue weighted by Gasteiger charge is 2.24. The second-order valence-corrected chi connectivity index (χ2v) is 6.14. The van der Waals surface area contributed by atoms with Crippen molar-refractivity contribution < 1.29 is 9.59 Å². The number of likely N-dealkylation sites (tertiary alicyclic amines) is 1. The van der Waals surface area contributed by atoms with Gasteiger partial charge in [0.25, 0.3) is 0 Å². The van der Waals surface area contributed by atoms with E-state index >= 15 is 0 Å². The summed E-state index contributed by atoms with van der Waals surface area (Å²) in [5.41, 5.74) is 1.24. The fourth-order valence-corrected chi connectivity index (χ4v) is 3.08. The van der Waals surface area contributed by atoms with Gasteiger partial charge in [-0.05, 0) is 42.2 Å². The molecule has 5 nitrogen and oxygen atoms in total. The first kappa shape index (κ1) is 14.8. The Morgan fingerprint density at radius 1 is 1.60 bits per heavy atom. The highest BCUT2D eigenvalue weighted by molar-refractivity contribution is 7.07. The van der Waals surface area contributed by atoms with E-state index in [-0.39, 0.29) is 24.0 Å². The molecular weight excluding hydrogens is 274 g/mol.